The third kappa shape index (κ3) is 6.93. The lowest BCUT2D eigenvalue weighted by Gasteiger charge is -2.20. The summed E-state index contributed by atoms with van der Waals surface area (Å²) < 4.78 is 5.52. The molecule has 9 nitrogen and oxygen atoms in total. The number of aromatic nitrogens is 2. The second-order valence-electron chi connectivity index (χ2n) is 7.05. The number of benzene rings is 2. The van der Waals surface area contributed by atoms with Crippen molar-refractivity contribution in [3.8, 4) is 5.75 Å². The van der Waals surface area contributed by atoms with Crippen molar-refractivity contribution in [1.82, 2.24) is 14.9 Å². The molecule has 0 spiro atoms. The molecule has 1 amide bonds. The summed E-state index contributed by atoms with van der Waals surface area (Å²) in [5.41, 5.74) is 2.90. The van der Waals surface area contributed by atoms with Crippen molar-refractivity contribution in [2.24, 2.45) is 0 Å². The van der Waals surface area contributed by atoms with E-state index in [-0.39, 0.29) is 38.8 Å². The molecule has 4 N–H and O–H groups in total. The standard InChI is InChI=1S/C23H27N5O4/c1-17-3-2-4-19(13-17)27-22-14-21(24-16-25-22)26-18-5-7-20(8-6-18)32-15-23(31)28(9-11-29)10-12-30/h2-8,13-14,16,29-30H,9-12,15H2,1H3,(H2,24,25,26,27). The van der Waals surface area contributed by atoms with Crippen LogP contribution in [0.2, 0.25) is 0 Å². The first-order valence-corrected chi connectivity index (χ1v) is 10.2. The highest BCUT2D eigenvalue weighted by molar-refractivity contribution is 5.77. The first-order chi connectivity index (χ1) is 15.6. The van der Waals surface area contributed by atoms with Gasteiger partial charge in [0.1, 0.15) is 23.7 Å². The van der Waals surface area contributed by atoms with Gasteiger partial charge in [0.05, 0.1) is 13.2 Å². The molecule has 9 heteroatoms. The first-order valence-electron chi connectivity index (χ1n) is 10.2. The fourth-order valence-electron chi connectivity index (χ4n) is 2.99. The number of anilines is 4. The average molecular weight is 438 g/mol. The van der Waals surface area contributed by atoms with E-state index in [0.717, 1.165) is 16.9 Å². The summed E-state index contributed by atoms with van der Waals surface area (Å²) in [6.07, 6.45) is 1.48. The molecule has 0 bridgehead atoms. The maximum Gasteiger partial charge on any atom is 0.260 e. The number of rotatable bonds is 11. The molecule has 0 aliphatic carbocycles. The zero-order chi connectivity index (χ0) is 22.8. The van der Waals surface area contributed by atoms with Crippen LogP contribution in [-0.4, -0.2) is 63.9 Å². The number of hydrogen-bond donors (Lipinski definition) is 4. The number of carbonyl (C=O) groups excluding carboxylic acids is 1. The molecule has 1 heterocycles. The van der Waals surface area contributed by atoms with E-state index < -0.39 is 0 Å². The predicted molar refractivity (Wildman–Crippen MR) is 122 cm³/mol. The largest absolute Gasteiger partial charge is 0.484 e. The van der Waals surface area contributed by atoms with Crippen LogP contribution in [0.3, 0.4) is 0 Å². The Labute approximate surface area is 186 Å². The van der Waals surface area contributed by atoms with Crippen LogP contribution in [0.4, 0.5) is 23.0 Å². The van der Waals surface area contributed by atoms with E-state index in [1.807, 2.05) is 49.4 Å². The maximum absolute atomic E-state index is 12.1. The summed E-state index contributed by atoms with van der Waals surface area (Å²) in [5, 5.41) is 24.5. The number of aryl methyl sites for hydroxylation is 1. The quantitative estimate of drug-likeness (QED) is 0.361. The Bertz CT molecular complexity index is 1010. The van der Waals surface area contributed by atoms with Crippen LogP contribution in [0.25, 0.3) is 0 Å². The van der Waals surface area contributed by atoms with E-state index in [9.17, 15) is 4.79 Å². The van der Waals surface area contributed by atoms with Crippen molar-refractivity contribution >= 4 is 28.9 Å². The minimum Gasteiger partial charge on any atom is -0.484 e. The van der Waals surface area contributed by atoms with Gasteiger partial charge >= 0.3 is 0 Å². The van der Waals surface area contributed by atoms with Gasteiger partial charge in [0.25, 0.3) is 5.91 Å². The molecular formula is C23H27N5O4. The van der Waals surface area contributed by atoms with Crippen molar-refractivity contribution < 1.29 is 19.7 Å². The Morgan fingerprint density at radius 3 is 2.22 bits per heavy atom. The number of nitrogens with zero attached hydrogens (tertiary/aromatic N) is 3. The van der Waals surface area contributed by atoms with Gasteiger partial charge in [-0.2, -0.15) is 0 Å². The molecule has 0 atom stereocenters. The summed E-state index contributed by atoms with van der Waals surface area (Å²) in [4.78, 5) is 22.0. The summed E-state index contributed by atoms with van der Waals surface area (Å²) in [7, 11) is 0. The van der Waals surface area contributed by atoms with Gasteiger partial charge in [-0.1, -0.05) is 12.1 Å². The molecule has 0 radical (unpaired) electrons. The Morgan fingerprint density at radius 1 is 0.938 bits per heavy atom. The van der Waals surface area contributed by atoms with E-state index >= 15 is 0 Å². The van der Waals surface area contributed by atoms with Crippen LogP contribution in [0, 0.1) is 6.92 Å². The highest BCUT2D eigenvalue weighted by Gasteiger charge is 2.13. The van der Waals surface area contributed by atoms with Gasteiger partial charge < -0.3 is 30.5 Å². The fraction of sp³-hybridized carbons (Fsp3) is 0.261. The van der Waals surface area contributed by atoms with Crippen LogP contribution >= 0.6 is 0 Å². The molecule has 0 saturated heterocycles. The Kier molecular flexibility index (Phi) is 8.36. The zero-order valence-corrected chi connectivity index (χ0v) is 17.9. The molecule has 3 aromatic rings. The van der Waals surface area contributed by atoms with Gasteiger partial charge in [0.15, 0.2) is 6.61 Å². The second-order valence-corrected chi connectivity index (χ2v) is 7.05. The molecule has 0 fully saturated rings. The predicted octanol–water partition coefficient (Wildman–Crippen LogP) is 2.46. The smallest absolute Gasteiger partial charge is 0.260 e. The minimum atomic E-state index is -0.301. The lowest BCUT2D eigenvalue weighted by Crippen LogP contribution is -2.38. The van der Waals surface area contributed by atoms with Gasteiger partial charge in [-0.15, -0.1) is 0 Å². The molecule has 168 valence electrons. The van der Waals surface area contributed by atoms with E-state index in [0.29, 0.717) is 17.4 Å². The van der Waals surface area contributed by atoms with Gasteiger partial charge in [-0.05, 0) is 48.9 Å². The van der Waals surface area contributed by atoms with E-state index in [1.165, 1.54) is 11.2 Å². The lowest BCUT2D eigenvalue weighted by atomic mass is 10.2. The van der Waals surface area contributed by atoms with Crippen LogP contribution in [-0.2, 0) is 4.79 Å². The number of nitrogens with one attached hydrogen (secondary N) is 2. The van der Waals surface area contributed by atoms with Crippen LogP contribution in [0.15, 0.2) is 60.9 Å². The van der Waals surface area contributed by atoms with E-state index in [2.05, 4.69) is 20.6 Å². The zero-order valence-electron chi connectivity index (χ0n) is 17.9. The number of aliphatic hydroxyl groups excluding tert-OH is 2. The van der Waals surface area contributed by atoms with Gasteiger partial charge in [-0.3, -0.25) is 4.79 Å². The first kappa shape index (κ1) is 23.0. The lowest BCUT2D eigenvalue weighted by molar-refractivity contribution is -0.134. The molecule has 32 heavy (non-hydrogen) atoms. The number of carbonyl (C=O) groups is 1. The van der Waals surface area contributed by atoms with Crippen molar-refractivity contribution in [2.75, 3.05) is 43.5 Å². The number of amides is 1. The number of hydrogen-bond acceptors (Lipinski definition) is 8. The third-order valence-corrected chi connectivity index (χ3v) is 4.54. The Balaban J connectivity index is 1.56. The van der Waals surface area contributed by atoms with Gasteiger partial charge in [0, 0.05) is 30.5 Å². The van der Waals surface area contributed by atoms with E-state index in [4.69, 9.17) is 14.9 Å². The van der Waals surface area contributed by atoms with Crippen molar-refractivity contribution in [1.29, 1.82) is 0 Å². The Hall–Kier alpha value is -3.69. The van der Waals surface area contributed by atoms with Crippen LogP contribution < -0.4 is 15.4 Å². The van der Waals surface area contributed by atoms with Gasteiger partial charge in [-0.25, -0.2) is 9.97 Å². The Morgan fingerprint density at radius 2 is 1.59 bits per heavy atom. The number of ether oxygens (including phenoxy) is 1. The van der Waals surface area contributed by atoms with Crippen molar-refractivity contribution in [2.45, 2.75) is 6.92 Å². The minimum absolute atomic E-state index is 0.158. The molecule has 0 unspecified atom stereocenters. The third-order valence-electron chi connectivity index (χ3n) is 4.54. The monoisotopic (exact) mass is 437 g/mol. The normalized spacial score (nSPS) is 10.5. The molecule has 0 aliphatic heterocycles. The van der Waals surface area contributed by atoms with Crippen molar-refractivity contribution in [3.05, 3.63) is 66.5 Å². The summed E-state index contributed by atoms with van der Waals surface area (Å²) in [5.74, 6) is 1.52. The summed E-state index contributed by atoms with van der Waals surface area (Å²) in [6, 6.07) is 16.9. The highest BCUT2D eigenvalue weighted by atomic mass is 16.5. The second kappa shape index (κ2) is 11.6. The molecule has 3 rings (SSSR count). The average Bonchev–Trinajstić information content (AvgIpc) is 2.78. The molecule has 0 saturated carbocycles. The van der Waals surface area contributed by atoms with Crippen LogP contribution in [0.5, 0.6) is 5.75 Å². The van der Waals surface area contributed by atoms with Crippen LogP contribution in [0.1, 0.15) is 5.56 Å². The topological polar surface area (TPSA) is 120 Å². The summed E-state index contributed by atoms with van der Waals surface area (Å²) in [6.45, 7) is 1.83. The molecular weight excluding hydrogens is 410 g/mol. The highest BCUT2D eigenvalue weighted by Crippen LogP contribution is 2.21. The molecule has 2 aromatic carbocycles. The van der Waals surface area contributed by atoms with Crippen molar-refractivity contribution in [3.63, 3.8) is 0 Å². The number of aliphatic hydroxyl groups is 2. The molecule has 0 aliphatic rings. The maximum atomic E-state index is 12.1. The van der Waals surface area contributed by atoms with Gasteiger partial charge in [0.2, 0.25) is 0 Å². The molecule has 1 aromatic heterocycles. The fourth-order valence-corrected chi connectivity index (χ4v) is 2.99. The summed E-state index contributed by atoms with van der Waals surface area (Å²) >= 11 is 0. The SMILES string of the molecule is Cc1cccc(Nc2cc(Nc3ccc(OCC(=O)N(CCO)CCO)cc3)ncn2)c1. The van der Waals surface area contributed by atoms with E-state index in [1.54, 1.807) is 12.1 Å².